The molecule has 2 fully saturated rings. The third-order valence-electron chi connectivity index (χ3n) is 14.9. The normalized spacial score (nSPS) is 24.2. The number of carbonyl (C=O) groups is 3. The molecule has 11 N–H and O–H groups in total. The van der Waals surface area contributed by atoms with E-state index in [2.05, 4.69) is 39.8 Å². The molecule has 2 saturated heterocycles. The monoisotopic (exact) mass is 1290 g/mol. The van der Waals surface area contributed by atoms with E-state index < -0.39 is 165 Å². The molecule has 2 aliphatic rings. The molecule has 0 aliphatic carbocycles. The van der Waals surface area contributed by atoms with Crippen LogP contribution in [0.3, 0.4) is 0 Å². The minimum Gasteiger partial charge on any atom is -0.462 e. The van der Waals surface area contributed by atoms with Crippen LogP contribution >= 0.6 is 7.82 Å². The molecular formula is C55H105N2O25PS2. The molecule has 0 saturated carbocycles. The summed E-state index contributed by atoms with van der Waals surface area (Å²) >= 11 is 0. The van der Waals surface area contributed by atoms with Gasteiger partial charge in [-0.2, -0.15) is 16.8 Å². The van der Waals surface area contributed by atoms with E-state index in [1.54, 1.807) is 0 Å². The predicted octanol–water partition coefficient (Wildman–Crippen LogP) is 5.81. The van der Waals surface area contributed by atoms with Gasteiger partial charge in [-0.05, 0) is 25.7 Å². The zero-order valence-corrected chi connectivity index (χ0v) is 52.8. The van der Waals surface area contributed by atoms with Gasteiger partial charge < -0.3 is 69.6 Å². The van der Waals surface area contributed by atoms with Gasteiger partial charge in [-0.1, -0.05) is 181 Å². The molecule has 0 bridgehead atoms. The Balaban J connectivity index is 2.37. The highest BCUT2D eigenvalue weighted by molar-refractivity contribution is 7.81. The second kappa shape index (κ2) is 44.4. The van der Waals surface area contributed by atoms with E-state index in [0.717, 1.165) is 122 Å². The summed E-state index contributed by atoms with van der Waals surface area (Å²) in [6.45, 7) is 2.12. The summed E-state index contributed by atoms with van der Waals surface area (Å²) in [5.74, 6) is -2.22. The Kier molecular flexibility index (Phi) is 41.2. The lowest BCUT2D eigenvalue weighted by Crippen LogP contribution is -2.67. The fourth-order valence-electron chi connectivity index (χ4n) is 10.3. The van der Waals surface area contributed by atoms with Gasteiger partial charge >= 0.3 is 34.6 Å². The number of aliphatic hydroxyl groups is 5. The van der Waals surface area contributed by atoms with E-state index in [4.69, 9.17) is 32.8 Å². The van der Waals surface area contributed by atoms with Crippen LogP contribution in [0.5, 0.6) is 0 Å². The number of phosphoric acid groups is 1. The van der Waals surface area contributed by atoms with Gasteiger partial charge in [-0.3, -0.25) is 28.0 Å². The molecular weight excluding hydrogens is 1180 g/mol. The van der Waals surface area contributed by atoms with Crippen LogP contribution in [0, 0.1) is 0 Å². The summed E-state index contributed by atoms with van der Waals surface area (Å²) in [7, 11) is -16.0. The smallest absolute Gasteiger partial charge is 0.462 e. The Morgan fingerprint density at radius 3 is 1.48 bits per heavy atom. The van der Waals surface area contributed by atoms with Crippen LogP contribution in [0.4, 0.5) is 0 Å². The van der Waals surface area contributed by atoms with Crippen molar-refractivity contribution < 1.29 is 117 Å². The van der Waals surface area contributed by atoms with Gasteiger partial charge in [-0.25, -0.2) is 12.9 Å². The minimum atomic E-state index is -5.43. The highest BCUT2D eigenvalue weighted by atomic mass is 32.3. The molecule has 2 heterocycles. The fraction of sp³-hybridized carbons (Fsp3) is 0.945. The SMILES string of the molecule is CCCCCCCCCCCC(=O)O[C@H](CCCCCCCCCCC)CC(=O)N[C@H]1[C@H](OC[C@H]2O[C@H](OCC(COS(=O)(=O)O)OS(=O)(=O)O)[C@H](NC(=O)C[C@H](O)CCCCCCCCCCC)[C@@H](O)[C@@H]2O)O[C@H](CO)[C@@H](OP(=O)(O)O)[C@@H]1O. The Morgan fingerprint density at radius 2 is 1.00 bits per heavy atom. The number of rotatable bonds is 51. The number of ether oxygens (including phenoxy) is 5. The van der Waals surface area contributed by atoms with Crippen LogP contribution in [-0.2, 0) is 76.3 Å². The first-order chi connectivity index (χ1) is 40.3. The largest absolute Gasteiger partial charge is 0.470 e. The summed E-state index contributed by atoms with van der Waals surface area (Å²) in [5, 5.41) is 60.7. The maximum absolute atomic E-state index is 14.0. The first-order valence-corrected chi connectivity index (χ1v) is 35.2. The number of hydrogen-bond acceptors (Lipinski definition) is 21. The lowest BCUT2D eigenvalue weighted by molar-refractivity contribution is -0.304. The molecule has 85 heavy (non-hydrogen) atoms. The maximum Gasteiger partial charge on any atom is 0.470 e. The summed E-state index contributed by atoms with van der Waals surface area (Å²) in [5.41, 5.74) is 0. The van der Waals surface area contributed by atoms with Crippen LogP contribution in [0.15, 0.2) is 0 Å². The first-order valence-electron chi connectivity index (χ1n) is 31.0. The van der Waals surface area contributed by atoms with E-state index in [-0.39, 0.29) is 12.8 Å². The zero-order chi connectivity index (χ0) is 63.3. The highest BCUT2D eigenvalue weighted by Gasteiger charge is 2.51. The molecule has 27 nitrogen and oxygen atoms in total. The number of nitrogens with one attached hydrogen (secondary N) is 2. The van der Waals surface area contributed by atoms with Crippen molar-refractivity contribution in [1.29, 1.82) is 0 Å². The van der Waals surface area contributed by atoms with Gasteiger partial charge in [0.25, 0.3) is 0 Å². The molecule has 1 unspecified atom stereocenters. The lowest BCUT2D eigenvalue weighted by atomic mass is 9.95. The number of esters is 1. The third-order valence-corrected chi connectivity index (χ3v) is 16.4. The van der Waals surface area contributed by atoms with Crippen LogP contribution in [-0.4, -0.2) is 185 Å². The number of carbonyl (C=O) groups excluding carboxylic acids is 3. The van der Waals surface area contributed by atoms with Gasteiger partial charge in [0.15, 0.2) is 12.6 Å². The highest BCUT2D eigenvalue weighted by Crippen LogP contribution is 2.42. The van der Waals surface area contributed by atoms with E-state index in [1.807, 2.05) is 0 Å². The summed E-state index contributed by atoms with van der Waals surface area (Å²) in [6, 6.07) is -3.56. The van der Waals surface area contributed by atoms with Gasteiger partial charge in [0, 0.05) is 6.42 Å². The van der Waals surface area contributed by atoms with Crippen molar-refractivity contribution in [3.63, 3.8) is 0 Å². The molecule has 13 atom stereocenters. The van der Waals surface area contributed by atoms with Crippen molar-refractivity contribution in [1.82, 2.24) is 10.6 Å². The van der Waals surface area contributed by atoms with E-state index in [1.165, 1.54) is 32.1 Å². The van der Waals surface area contributed by atoms with Crippen molar-refractivity contribution in [3.05, 3.63) is 0 Å². The van der Waals surface area contributed by atoms with E-state index in [0.29, 0.717) is 25.7 Å². The minimum absolute atomic E-state index is 0.119. The van der Waals surface area contributed by atoms with Crippen LogP contribution in [0.2, 0.25) is 0 Å². The van der Waals surface area contributed by atoms with E-state index >= 15 is 0 Å². The summed E-state index contributed by atoms with van der Waals surface area (Å²) < 4.78 is 119. The van der Waals surface area contributed by atoms with Crippen molar-refractivity contribution in [2.24, 2.45) is 0 Å². The molecule has 0 aromatic heterocycles. The third kappa shape index (κ3) is 37.0. The molecule has 2 aliphatic heterocycles. The molecule has 2 rings (SSSR count). The second-order valence-electron chi connectivity index (χ2n) is 22.5. The molecule has 0 aromatic rings. The zero-order valence-electron chi connectivity index (χ0n) is 50.3. The van der Waals surface area contributed by atoms with Crippen molar-refractivity contribution in [2.45, 2.75) is 306 Å². The fourth-order valence-corrected chi connectivity index (χ4v) is 11.6. The number of unbranched alkanes of at least 4 members (excludes halogenated alkanes) is 24. The molecule has 0 radical (unpaired) electrons. The molecule has 30 heteroatoms. The van der Waals surface area contributed by atoms with Crippen LogP contribution in [0.25, 0.3) is 0 Å². The topological polar surface area (TPSA) is 417 Å². The predicted molar refractivity (Wildman–Crippen MR) is 310 cm³/mol. The van der Waals surface area contributed by atoms with Crippen molar-refractivity contribution in [2.75, 3.05) is 26.4 Å². The van der Waals surface area contributed by atoms with Gasteiger partial charge in [0.1, 0.15) is 60.9 Å². The molecule has 0 aromatic carbocycles. The lowest BCUT2D eigenvalue weighted by Gasteiger charge is -2.45. The Labute approximate surface area is 504 Å². The first kappa shape index (κ1) is 79.0. The molecule has 0 spiro atoms. The van der Waals surface area contributed by atoms with Gasteiger partial charge in [-0.15, -0.1) is 0 Å². The standard InChI is InChI=1S/C55H105N2O25PS2/c1-4-7-10-13-16-19-22-25-28-31-40(59)34-45(60)56-48-51(64)50(63)44(80-54(48)75-37-42(82-85(72,73)74)38-77-84(69,70)71)39-76-55-49(52(65)53(43(36-58)79-55)81-83(66,67)68)57-46(61)35-41(32-29-26-23-20-17-14-11-8-5-2)78-47(62)33-30-27-24-21-18-15-12-9-6-3/h40-44,48-55,58-59,63-65H,4-39H2,1-3H3,(H,56,60)(H,57,61)(H2,66,67,68)(H,69,70,71)(H,72,73,74)/t40-,41-,42?,43-,44-,48-,49-,50-,51-,52-,53-,54+,55-/m1/s1. The quantitative estimate of drug-likeness (QED) is 0.0148. The summed E-state index contributed by atoms with van der Waals surface area (Å²) in [4.78, 5) is 60.2. The maximum atomic E-state index is 14.0. The number of hydrogen-bond donors (Lipinski definition) is 11. The van der Waals surface area contributed by atoms with Gasteiger partial charge in [0.05, 0.1) is 45.4 Å². The summed E-state index contributed by atoms with van der Waals surface area (Å²) in [6.07, 6.45) is 7.31. The van der Waals surface area contributed by atoms with Crippen molar-refractivity contribution >= 4 is 46.4 Å². The Bertz CT molecular complexity index is 2080. The second-order valence-corrected chi connectivity index (χ2v) is 25.8. The van der Waals surface area contributed by atoms with Gasteiger partial charge in [0.2, 0.25) is 11.8 Å². The Hall–Kier alpha value is -2.10. The number of phosphoric ester groups is 1. The number of amides is 2. The average molecular weight is 1290 g/mol. The van der Waals surface area contributed by atoms with Crippen LogP contribution in [0.1, 0.15) is 226 Å². The Morgan fingerprint density at radius 1 is 0.553 bits per heavy atom. The number of aliphatic hydroxyl groups excluding tert-OH is 5. The van der Waals surface area contributed by atoms with Crippen molar-refractivity contribution in [3.8, 4) is 0 Å². The average Bonchev–Trinajstić information content (AvgIpc) is 3.03. The van der Waals surface area contributed by atoms with E-state index in [9.17, 15) is 75.7 Å². The molecule has 502 valence electrons. The van der Waals surface area contributed by atoms with Crippen LogP contribution < -0.4 is 10.6 Å². The molecule has 2 amide bonds.